The van der Waals surface area contributed by atoms with Crippen LogP contribution in [-0.4, -0.2) is 5.97 Å². The van der Waals surface area contributed by atoms with Gasteiger partial charge in [-0.15, -0.1) is 0 Å². The zero-order valence-electron chi connectivity index (χ0n) is 12.5. The molecule has 2 nitrogen and oxygen atoms in total. The molecule has 0 saturated heterocycles. The smallest absolute Gasteiger partial charge is 0.0481 e. The summed E-state index contributed by atoms with van der Waals surface area (Å²) in [6, 6.07) is 0. The van der Waals surface area contributed by atoms with Gasteiger partial charge in [-0.1, -0.05) is 58.3 Å². The quantitative estimate of drug-likeness (QED) is 0.758. The molecule has 0 aliphatic heterocycles. The van der Waals surface area contributed by atoms with Gasteiger partial charge in [0, 0.05) is 11.4 Å². The Morgan fingerprint density at radius 3 is 1.95 bits per heavy atom. The van der Waals surface area contributed by atoms with Crippen molar-refractivity contribution in [3.8, 4) is 0 Å². The fourth-order valence-corrected chi connectivity index (χ4v) is 4.82. The van der Waals surface area contributed by atoms with Crippen LogP contribution in [0.1, 0.15) is 90.4 Å². The summed E-state index contributed by atoms with van der Waals surface area (Å²) in [6.45, 7) is 2.21. The SMILES string of the molecule is CCCCC1(C2(C(=O)[O-])CCCCC2)CCCCC1. The third-order valence-corrected chi connectivity index (χ3v) is 5.93. The largest absolute Gasteiger partial charge is 0.550 e. The first kappa shape index (κ1) is 14.9. The van der Waals surface area contributed by atoms with Crippen LogP contribution < -0.4 is 5.11 Å². The molecule has 2 heteroatoms. The monoisotopic (exact) mass is 265 g/mol. The number of aliphatic carboxylic acids is 1. The summed E-state index contributed by atoms with van der Waals surface area (Å²) in [7, 11) is 0. The Morgan fingerprint density at radius 1 is 0.947 bits per heavy atom. The summed E-state index contributed by atoms with van der Waals surface area (Å²) in [5.41, 5.74) is -0.443. The highest BCUT2D eigenvalue weighted by atomic mass is 16.4. The molecular formula is C17H29O2-. The molecule has 19 heavy (non-hydrogen) atoms. The fourth-order valence-electron chi connectivity index (χ4n) is 4.82. The van der Waals surface area contributed by atoms with Gasteiger partial charge in [0.2, 0.25) is 0 Å². The Kier molecular flexibility index (Phi) is 4.92. The van der Waals surface area contributed by atoms with E-state index >= 15 is 0 Å². The van der Waals surface area contributed by atoms with Crippen LogP contribution in [0.25, 0.3) is 0 Å². The Labute approximate surface area is 118 Å². The molecule has 0 spiro atoms. The van der Waals surface area contributed by atoms with E-state index in [0.29, 0.717) is 0 Å². The first-order chi connectivity index (χ1) is 9.17. The predicted molar refractivity (Wildman–Crippen MR) is 75.6 cm³/mol. The number of carboxylic acid groups (broad SMARTS) is 1. The Balaban J connectivity index is 2.29. The van der Waals surface area contributed by atoms with Crippen molar-refractivity contribution in [2.45, 2.75) is 90.4 Å². The van der Waals surface area contributed by atoms with Gasteiger partial charge in [-0.2, -0.15) is 0 Å². The summed E-state index contributed by atoms with van der Waals surface area (Å²) in [6.07, 6.45) is 14.6. The molecule has 0 unspecified atom stereocenters. The van der Waals surface area contributed by atoms with E-state index in [0.717, 1.165) is 44.9 Å². The molecule has 2 aliphatic rings. The predicted octanol–water partition coefficient (Wildman–Crippen LogP) is 3.83. The van der Waals surface area contributed by atoms with Gasteiger partial charge in [-0.05, 0) is 37.5 Å². The topological polar surface area (TPSA) is 40.1 Å². The van der Waals surface area contributed by atoms with Crippen LogP contribution >= 0.6 is 0 Å². The van der Waals surface area contributed by atoms with Crippen molar-refractivity contribution in [3.63, 3.8) is 0 Å². The third-order valence-electron chi connectivity index (χ3n) is 5.93. The maximum absolute atomic E-state index is 12.0. The van der Waals surface area contributed by atoms with Crippen LogP contribution in [0.15, 0.2) is 0 Å². The van der Waals surface area contributed by atoms with Gasteiger partial charge in [0.05, 0.1) is 0 Å². The molecular weight excluding hydrogens is 236 g/mol. The molecule has 0 bridgehead atoms. The third kappa shape index (κ3) is 2.68. The van der Waals surface area contributed by atoms with Crippen LogP contribution in [0, 0.1) is 10.8 Å². The molecule has 0 atom stereocenters. The zero-order chi connectivity index (χ0) is 13.8. The second-order valence-corrected chi connectivity index (χ2v) is 6.87. The highest BCUT2D eigenvalue weighted by Gasteiger charge is 2.51. The number of hydrogen-bond donors (Lipinski definition) is 0. The van der Waals surface area contributed by atoms with Gasteiger partial charge in [0.15, 0.2) is 0 Å². The average molecular weight is 265 g/mol. The van der Waals surface area contributed by atoms with E-state index in [-0.39, 0.29) is 5.41 Å². The number of carbonyl (C=O) groups is 1. The van der Waals surface area contributed by atoms with E-state index in [1.807, 2.05) is 0 Å². The van der Waals surface area contributed by atoms with Crippen LogP contribution in [0.5, 0.6) is 0 Å². The Bertz CT molecular complexity index is 296. The highest BCUT2D eigenvalue weighted by molar-refractivity contribution is 5.74. The van der Waals surface area contributed by atoms with Crippen molar-refractivity contribution in [2.24, 2.45) is 10.8 Å². The number of hydrogen-bond acceptors (Lipinski definition) is 2. The molecule has 2 fully saturated rings. The second-order valence-electron chi connectivity index (χ2n) is 6.87. The molecule has 0 radical (unpaired) electrons. The Hall–Kier alpha value is -0.530. The van der Waals surface area contributed by atoms with E-state index in [2.05, 4.69) is 6.92 Å². The number of carbonyl (C=O) groups excluding carboxylic acids is 1. The highest BCUT2D eigenvalue weighted by Crippen LogP contribution is 2.59. The molecule has 0 aromatic rings. The minimum absolute atomic E-state index is 0.0561. The van der Waals surface area contributed by atoms with Crippen molar-refractivity contribution in [1.29, 1.82) is 0 Å². The van der Waals surface area contributed by atoms with Crippen LogP contribution in [0.2, 0.25) is 0 Å². The molecule has 2 rings (SSSR count). The van der Waals surface area contributed by atoms with Gasteiger partial charge in [0.1, 0.15) is 0 Å². The second kappa shape index (κ2) is 6.28. The van der Waals surface area contributed by atoms with Crippen molar-refractivity contribution in [2.75, 3.05) is 0 Å². The standard InChI is InChI=1S/C17H30O2/c1-2-3-10-16(11-6-4-7-12-16)17(15(18)19)13-8-5-9-14-17/h2-14H2,1H3,(H,18,19)/p-1. The van der Waals surface area contributed by atoms with Crippen molar-refractivity contribution in [1.82, 2.24) is 0 Å². The van der Waals surface area contributed by atoms with E-state index in [1.54, 1.807) is 0 Å². The van der Waals surface area contributed by atoms with Gasteiger partial charge >= 0.3 is 0 Å². The number of unbranched alkanes of at least 4 members (excludes halogenated alkanes) is 1. The minimum atomic E-state index is -0.731. The normalized spacial score (nSPS) is 25.9. The van der Waals surface area contributed by atoms with Crippen LogP contribution in [0.4, 0.5) is 0 Å². The number of carboxylic acids is 1. The summed E-state index contributed by atoms with van der Waals surface area (Å²) in [5, 5.41) is 12.0. The van der Waals surface area contributed by atoms with Gasteiger partial charge < -0.3 is 9.90 Å². The van der Waals surface area contributed by atoms with E-state index in [9.17, 15) is 9.90 Å². The first-order valence-electron chi connectivity index (χ1n) is 8.38. The van der Waals surface area contributed by atoms with Crippen LogP contribution in [-0.2, 0) is 4.79 Å². The fraction of sp³-hybridized carbons (Fsp3) is 0.941. The van der Waals surface area contributed by atoms with Crippen molar-refractivity contribution >= 4 is 5.97 Å². The maximum atomic E-state index is 12.0. The lowest BCUT2D eigenvalue weighted by Gasteiger charge is -2.56. The van der Waals surface area contributed by atoms with Gasteiger partial charge in [-0.25, -0.2) is 0 Å². The summed E-state index contributed by atoms with van der Waals surface area (Å²) in [5.74, 6) is -0.731. The molecule has 0 heterocycles. The molecule has 0 aromatic heterocycles. The number of rotatable bonds is 5. The maximum Gasteiger partial charge on any atom is 0.0481 e. The summed E-state index contributed by atoms with van der Waals surface area (Å²) in [4.78, 5) is 12.0. The first-order valence-corrected chi connectivity index (χ1v) is 8.38. The zero-order valence-corrected chi connectivity index (χ0v) is 12.5. The average Bonchev–Trinajstić information content (AvgIpc) is 2.46. The van der Waals surface area contributed by atoms with Gasteiger partial charge in [0.25, 0.3) is 0 Å². The lowest BCUT2D eigenvalue weighted by molar-refractivity contribution is -0.329. The molecule has 0 N–H and O–H groups in total. The Morgan fingerprint density at radius 2 is 1.47 bits per heavy atom. The van der Waals surface area contributed by atoms with Crippen LogP contribution in [0.3, 0.4) is 0 Å². The summed E-state index contributed by atoms with van der Waals surface area (Å²) < 4.78 is 0. The lowest BCUT2D eigenvalue weighted by Crippen LogP contribution is -2.55. The molecule has 110 valence electrons. The molecule has 2 aliphatic carbocycles. The van der Waals surface area contributed by atoms with E-state index < -0.39 is 11.4 Å². The van der Waals surface area contributed by atoms with E-state index in [4.69, 9.17) is 0 Å². The molecule has 0 amide bonds. The minimum Gasteiger partial charge on any atom is -0.550 e. The van der Waals surface area contributed by atoms with Crippen molar-refractivity contribution in [3.05, 3.63) is 0 Å². The van der Waals surface area contributed by atoms with Gasteiger partial charge in [-0.3, -0.25) is 0 Å². The van der Waals surface area contributed by atoms with Crippen molar-refractivity contribution < 1.29 is 9.90 Å². The molecule has 2 saturated carbocycles. The van der Waals surface area contributed by atoms with E-state index in [1.165, 1.54) is 38.5 Å². The lowest BCUT2D eigenvalue weighted by atomic mass is 9.50. The molecule has 0 aromatic carbocycles. The summed E-state index contributed by atoms with van der Waals surface area (Å²) >= 11 is 0.